The van der Waals surface area contributed by atoms with E-state index < -0.39 is 11.2 Å². The third kappa shape index (κ3) is 3.57. The Bertz CT molecular complexity index is 910. The smallest absolute Gasteiger partial charge is 0.334 e. The van der Waals surface area contributed by atoms with E-state index in [1.807, 2.05) is 0 Å². The summed E-state index contributed by atoms with van der Waals surface area (Å²) >= 11 is 0. The lowest BCUT2D eigenvalue weighted by molar-refractivity contribution is -0.194. The van der Waals surface area contributed by atoms with E-state index in [0.29, 0.717) is 35.8 Å². The molecule has 200 valence electrons. The summed E-state index contributed by atoms with van der Waals surface area (Å²) in [6, 6.07) is 0. The van der Waals surface area contributed by atoms with Gasteiger partial charge in [-0.25, -0.2) is 9.59 Å². The SMILES string of the molecule is C=C1C(=O)O[C@@H]2C[C@@]3(C)CCC[C@H](C)[C@]3(O)C[C@H]12.C=C1C(=O)O[C@@H]2C[C@@]3(C)CCC[C@H](C)[C@]3(O)C[C@H]12. The average Bonchev–Trinajstić information content (AvgIpc) is 3.21. The highest BCUT2D eigenvalue weighted by Gasteiger charge is 2.62. The van der Waals surface area contributed by atoms with Gasteiger partial charge >= 0.3 is 11.9 Å². The van der Waals surface area contributed by atoms with E-state index in [1.165, 1.54) is 0 Å². The van der Waals surface area contributed by atoms with Gasteiger partial charge in [-0.05, 0) is 63.2 Å². The normalized spacial score (nSPS) is 51.6. The maximum absolute atomic E-state index is 11.6. The van der Waals surface area contributed by atoms with Crippen molar-refractivity contribution in [2.24, 2.45) is 34.5 Å². The number of aliphatic hydroxyl groups is 2. The number of hydrogen-bond acceptors (Lipinski definition) is 6. The lowest BCUT2D eigenvalue weighted by atomic mass is 9.51. The molecule has 10 atom stereocenters. The molecule has 6 rings (SSSR count). The lowest BCUT2D eigenvalue weighted by Crippen LogP contribution is -2.59. The molecule has 4 saturated carbocycles. The Morgan fingerprint density at radius 3 is 1.44 bits per heavy atom. The number of hydrogen-bond donors (Lipinski definition) is 2. The minimum absolute atomic E-state index is 0.0242. The molecule has 6 fully saturated rings. The quantitative estimate of drug-likeness (QED) is 0.364. The second-order valence-electron chi connectivity index (χ2n) is 13.5. The molecule has 4 aliphatic carbocycles. The Kier molecular flexibility index (Phi) is 6.08. The minimum atomic E-state index is -0.663. The Morgan fingerprint density at radius 1 is 0.722 bits per heavy atom. The van der Waals surface area contributed by atoms with Crippen LogP contribution in [0.1, 0.15) is 91.9 Å². The largest absolute Gasteiger partial charge is 0.458 e. The zero-order valence-corrected chi connectivity index (χ0v) is 22.5. The summed E-state index contributed by atoms with van der Waals surface area (Å²) in [4.78, 5) is 23.3. The van der Waals surface area contributed by atoms with Crippen molar-refractivity contribution in [1.82, 2.24) is 0 Å². The molecule has 2 aliphatic heterocycles. The van der Waals surface area contributed by atoms with Crippen molar-refractivity contribution in [3.8, 4) is 0 Å². The van der Waals surface area contributed by atoms with Crippen LogP contribution >= 0.6 is 0 Å². The molecule has 2 N–H and O–H groups in total. The van der Waals surface area contributed by atoms with Crippen LogP contribution in [-0.4, -0.2) is 45.6 Å². The summed E-state index contributed by atoms with van der Waals surface area (Å²) in [6.07, 6.45) is 9.25. The average molecular weight is 501 g/mol. The third-order valence-corrected chi connectivity index (χ3v) is 11.7. The van der Waals surface area contributed by atoms with Gasteiger partial charge < -0.3 is 19.7 Å². The van der Waals surface area contributed by atoms with E-state index in [2.05, 4.69) is 40.9 Å². The second kappa shape index (κ2) is 8.42. The predicted octanol–water partition coefficient (Wildman–Crippen LogP) is 4.87. The van der Waals surface area contributed by atoms with Crippen molar-refractivity contribution in [1.29, 1.82) is 0 Å². The highest BCUT2D eigenvalue weighted by molar-refractivity contribution is 5.91. The fraction of sp³-hybridized carbons (Fsp3) is 0.800. The summed E-state index contributed by atoms with van der Waals surface area (Å²) < 4.78 is 10.8. The number of esters is 2. The van der Waals surface area contributed by atoms with Crippen LogP contribution in [-0.2, 0) is 19.1 Å². The molecule has 6 aliphatic rings. The van der Waals surface area contributed by atoms with Crippen molar-refractivity contribution in [3.05, 3.63) is 24.3 Å². The number of fused-ring (bicyclic) bond motifs is 4. The van der Waals surface area contributed by atoms with Crippen molar-refractivity contribution in [2.75, 3.05) is 0 Å². The Balaban J connectivity index is 0.000000148. The molecule has 0 radical (unpaired) electrons. The fourth-order valence-electron chi connectivity index (χ4n) is 8.93. The zero-order valence-electron chi connectivity index (χ0n) is 22.5. The molecule has 0 unspecified atom stereocenters. The molecule has 6 heteroatoms. The molecular formula is C30H44O6. The van der Waals surface area contributed by atoms with Gasteiger partial charge in [0, 0.05) is 33.8 Å². The van der Waals surface area contributed by atoms with Crippen LogP contribution in [0.5, 0.6) is 0 Å². The summed E-state index contributed by atoms with van der Waals surface area (Å²) in [5, 5.41) is 22.3. The Morgan fingerprint density at radius 2 is 1.08 bits per heavy atom. The van der Waals surface area contributed by atoms with E-state index in [9.17, 15) is 19.8 Å². The van der Waals surface area contributed by atoms with E-state index in [4.69, 9.17) is 9.47 Å². The van der Waals surface area contributed by atoms with Crippen LogP contribution in [0.25, 0.3) is 0 Å². The predicted molar refractivity (Wildman–Crippen MR) is 136 cm³/mol. The van der Waals surface area contributed by atoms with Gasteiger partial charge in [-0.3, -0.25) is 0 Å². The Hall–Kier alpha value is -1.66. The molecule has 6 nitrogen and oxygen atoms in total. The number of carbonyl (C=O) groups excluding carboxylic acids is 2. The van der Waals surface area contributed by atoms with Crippen LogP contribution in [0.4, 0.5) is 0 Å². The molecule has 0 amide bonds. The first-order valence-electron chi connectivity index (χ1n) is 14.0. The summed E-state index contributed by atoms with van der Waals surface area (Å²) in [6.45, 7) is 16.3. The zero-order chi connectivity index (χ0) is 26.3. The first kappa shape index (κ1) is 26.0. The number of carbonyl (C=O) groups is 2. The van der Waals surface area contributed by atoms with Gasteiger partial charge in [0.1, 0.15) is 12.2 Å². The van der Waals surface area contributed by atoms with Gasteiger partial charge in [0.25, 0.3) is 0 Å². The van der Waals surface area contributed by atoms with Crippen molar-refractivity contribution < 1.29 is 29.3 Å². The molecule has 2 heterocycles. The first-order chi connectivity index (χ1) is 16.7. The van der Waals surface area contributed by atoms with Crippen molar-refractivity contribution in [2.45, 2.75) is 115 Å². The van der Waals surface area contributed by atoms with E-state index >= 15 is 0 Å². The van der Waals surface area contributed by atoms with Crippen LogP contribution < -0.4 is 0 Å². The third-order valence-electron chi connectivity index (χ3n) is 11.7. The second-order valence-corrected chi connectivity index (χ2v) is 13.5. The van der Waals surface area contributed by atoms with Crippen molar-refractivity contribution in [3.63, 3.8) is 0 Å². The van der Waals surface area contributed by atoms with E-state index in [-0.39, 0.29) is 46.8 Å². The monoisotopic (exact) mass is 500 g/mol. The molecular weight excluding hydrogens is 456 g/mol. The van der Waals surface area contributed by atoms with Gasteiger partial charge in [0.05, 0.1) is 11.2 Å². The van der Waals surface area contributed by atoms with E-state index in [0.717, 1.165) is 51.4 Å². The molecule has 0 bridgehead atoms. The molecule has 0 spiro atoms. The van der Waals surface area contributed by atoms with E-state index in [1.54, 1.807) is 0 Å². The van der Waals surface area contributed by atoms with Gasteiger partial charge in [0.2, 0.25) is 0 Å². The van der Waals surface area contributed by atoms with Crippen LogP contribution in [0, 0.1) is 34.5 Å². The standard InChI is InChI=1S/2C15H22O3/c2*1-9-5-4-6-14(3)8-12-11(7-15(9,14)17)10(2)13(16)18-12/h2*9,11-12,17H,2,4-8H2,1,3H3/t2*9-,11+,12+,14+,15+/m00/s1. The fourth-order valence-corrected chi connectivity index (χ4v) is 8.93. The number of rotatable bonds is 0. The van der Waals surface area contributed by atoms with Gasteiger partial charge in [-0.1, -0.05) is 53.7 Å². The van der Waals surface area contributed by atoms with Crippen LogP contribution in [0.2, 0.25) is 0 Å². The molecule has 2 saturated heterocycles. The topological polar surface area (TPSA) is 93.1 Å². The molecule has 0 aromatic heterocycles. The van der Waals surface area contributed by atoms with Crippen molar-refractivity contribution >= 4 is 11.9 Å². The first-order valence-corrected chi connectivity index (χ1v) is 14.0. The maximum atomic E-state index is 11.6. The minimum Gasteiger partial charge on any atom is -0.458 e. The molecule has 0 aromatic rings. The number of ether oxygens (including phenoxy) is 2. The maximum Gasteiger partial charge on any atom is 0.334 e. The van der Waals surface area contributed by atoms with Gasteiger partial charge in [-0.15, -0.1) is 0 Å². The Labute approximate surface area is 215 Å². The summed E-state index contributed by atoms with van der Waals surface area (Å²) in [5.41, 5.74) is -0.429. The molecule has 36 heavy (non-hydrogen) atoms. The van der Waals surface area contributed by atoms with Crippen LogP contribution in [0.15, 0.2) is 24.3 Å². The lowest BCUT2D eigenvalue weighted by Gasteiger charge is -2.57. The van der Waals surface area contributed by atoms with Crippen LogP contribution in [0.3, 0.4) is 0 Å². The highest BCUT2D eigenvalue weighted by Crippen LogP contribution is 2.60. The van der Waals surface area contributed by atoms with Gasteiger partial charge in [-0.2, -0.15) is 0 Å². The summed E-state index contributed by atoms with van der Waals surface area (Å²) in [7, 11) is 0. The van der Waals surface area contributed by atoms with Gasteiger partial charge in [0.15, 0.2) is 0 Å². The molecule has 0 aromatic carbocycles. The summed E-state index contributed by atoms with van der Waals surface area (Å²) in [5.74, 6) is 0.112. The highest BCUT2D eigenvalue weighted by atomic mass is 16.6.